The highest BCUT2D eigenvalue weighted by atomic mass is 33.4. The molecular weight excluding hydrogens is 1630 g/mol. The fraction of sp³-hybridized carbons (Fsp3) is 0.667. The number of ether oxygens (including phenoxy) is 2. The van der Waals surface area contributed by atoms with E-state index in [4.69, 9.17) is 9.47 Å². The van der Waals surface area contributed by atoms with Gasteiger partial charge in [0.2, 0.25) is 0 Å². The van der Waals surface area contributed by atoms with Gasteiger partial charge in [-0.2, -0.15) is 0 Å². The van der Waals surface area contributed by atoms with E-state index in [0.29, 0.717) is 63.0 Å². The first-order valence-electron chi connectivity index (χ1n) is 35.4. The van der Waals surface area contributed by atoms with E-state index in [1.807, 2.05) is 31.2 Å². The molecule has 0 spiro atoms. The van der Waals surface area contributed by atoms with Crippen LogP contribution in [0.3, 0.4) is 0 Å². The molecule has 8 nitrogen and oxygen atoms in total. The number of thiophene rings is 2. The molecule has 0 saturated carbocycles. The zero-order chi connectivity index (χ0) is 71.3. The molecule has 0 aliphatic carbocycles. The Morgan fingerprint density at radius 1 is 0.412 bits per heavy atom. The lowest BCUT2D eigenvalue weighted by Gasteiger charge is -2.46. The molecule has 6 rings (SSSR count). The van der Waals surface area contributed by atoms with Crippen LogP contribution >= 0.6 is 192 Å². The van der Waals surface area contributed by atoms with E-state index in [0.717, 1.165) is 104 Å². The lowest BCUT2D eigenvalue weighted by molar-refractivity contribution is 0.0556. The van der Waals surface area contributed by atoms with Crippen LogP contribution in [0.4, 0.5) is 0 Å². The highest BCUT2D eigenvalue weighted by Gasteiger charge is 2.45. The van der Waals surface area contributed by atoms with Gasteiger partial charge in [-0.15, -0.1) is 121 Å². The lowest BCUT2D eigenvalue weighted by atomic mass is 9.80. The van der Waals surface area contributed by atoms with Crippen molar-refractivity contribution in [2.45, 2.75) is 247 Å². The third-order valence-corrected chi connectivity index (χ3v) is 153. The van der Waals surface area contributed by atoms with Crippen molar-refractivity contribution in [2.75, 3.05) is 27.3 Å². The fourth-order valence-corrected chi connectivity index (χ4v) is 268. The number of carbonyl (C=O) groups excluding carboxylic acids is 4. The Labute approximate surface area is 633 Å². The molecule has 4 amide bonds. The molecule has 0 N–H and O–H groups in total. The molecule has 15 atom stereocenters. The van der Waals surface area contributed by atoms with E-state index < -0.39 is 0 Å². The third kappa shape index (κ3) is 28.3. The van der Waals surface area contributed by atoms with Gasteiger partial charge < -0.3 is 9.47 Å². The minimum absolute atomic E-state index is 0.0296. The number of nitrogens with zero attached hydrogens (tertiary/aromatic N) is 2. The van der Waals surface area contributed by atoms with E-state index in [9.17, 15) is 0 Å². The molecule has 4 aromatic rings. The van der Waals surface area contributed by atoms with Gasteiger partial charge >= 0.3 is 0 Å². The van der Waals surface area contributed by atoms with Gasteiger partial charge in [0.1, 0.15) is 11.5 Å². The zero-order valence-corrected chi connectivity index (χ0v) is 82.9. The number of methoxy groups -OCH3 is 2. The van der Waals surface area contributed by atoms with Crippen molar-refractivity contribution in [2.24, 2.45) is 11.8 Å². The maximum absolute atomic E-state index is 15.7. The van der Waals surface area contributed by atoms with E-state index in [1.54, 1.807) is 25.6 Å². The van der Waals surface area contributed by atoms with Gasteiger partial charge in [-0.3, -0.25) is 29.0 Å². The van der Waals surface area contributed by atoms with E-state index >= 15 is 19.2 Å². The first kappa shape index (κ1) is 92.6. The molecule has 2 aliphatic heterocycles. The largest absolute Gasteiger partial charge is 0.495 e. The molecule has 31 heteroatoms. The van der Waals surface area contributed by atoms with Crippen LogP contribution in [-0.4, -0.2) is 60.7 Å². The maximum Gasteiger partial charge on any atom is 0.262 e. The Kier molecular flexibility index (Phi) is 48.5. The van der Waals surface area contributed by atoms with E-state index in [-0.39, 0.29) is 98.4 Å². The summed E-state index contributed by atoms with van der Waals surface area (Å²) in [5.41, 5.74) is 2.91. The van der Waals surface area contributed by atoms with Crippen molar-refractivity contribution in [3.63, 3.8) is 0 Å². The number of imide groups is 2. The Hall–Kier alpha value is 5.01. The van der Waals surface area contributed by atoms with Crippen molar-refractivity contribution in [1.29, 1.82) is 0 Å². The maximum atomic E-state index is 15.7. The van der Waals surface area contributed by atoms with Crippen LogP contribution < -0.4 is 9.47 Å². The molecule has 4 heterocycles. The molecule has 2 aliphatic rings. The average molecular weight is 1750 g/mol. The Balaban J connectivity index is 0.000000694. The third-order valence-electron chi connectivity index (χ3n) is 18.3. The van der Waals surface area contributed by atoms with E-state index in [1.165, 1.54) is 156 Å². The van der Waals surface area contributed by atoms with Crippen molar-refractivity contribution in [1.82, 2.24) is 9.80 Å². The quantitative estimate of drug-likeness (QED) is 0.0248. The average Bonchev–Trinajstić information content (AvgIpc) is 1.29. The molecule has 0 saturated heterocycles. The molecular formula is C66H121N2O6P21S2. The van der Waals surface area contributed by atoms with Gasteiger partial charge in [-0.25, -0.2) is 0 Å². The number of carbonyl (C=O) groups is 4. The highest BCUT2D eigenvalue weighted by molar-refractivity contribution is 9.37. The number of benzene rings is 2. The predicted molar refractivity (Wildman–Crippen MR) is 499 cm³/mol. The van der Waals surface area contributed by atoms with Crippen LogP contribution in [0.15, 0.2) is 24.3 Å². The Morgan fingerprint density at radius 3 is 1.11 bits per heavy atom. The standard InChI is InChI=1S/C66H98N2O6S2.H23P21/c1-9-13-17-21-25-27-31-35-39-49(37-33-29-23-19-15-11-3)45-67-64(70)53-43-51(56-44-55(74-8)62(76-56)61-54(73-7)42-48(6)75-61)60-59-52(41-47(5)57(58(53)59)65(67)71)63(69)68(66(60)72)46-50(38-34-30-24-20-16-12-4)40-36-32-28-26-22-18-14-10-2;1-12-18(13(2)3)21(19(14(4)5)15(6)7)20(16(8)9)17(10)11/h41-44,49-50H,9-40,45-46H2,1-8H3;12H,1-11H2. The summed E-state index contributed by atoms with van der Waals surface area (Å²) in [7, 11) is 39.3. The van der Waals surface area contributed by atoms with Crippen LogP contribution in [0, 0.1) is 25.7 Å². The first-order valence-corrected chi connectivity index (χ1v) is 74.6. The summed E-state index contributed by atoms with van der Waals surface area (Å²) in [4.78, 5) is 68.3. The summed E-state index contributed by atoms with van der Waals surface area (Å²) in [5.74, 6) is 0.443. The number of amides is 4. The Morgan fingerprint density at radius 2 is 0.753 bits per heavy atom. The minimum Gasteiger partial charge on any atom is -0.495 e. The highest BCUT2D eigenvalue weighted by Crippen LogP contribution is 3.31. The lowest BCUT2D eigenvalue weighted by Crippen LogP contribution is -2.46. The number of aryl methyl sites for hydroxylation is 2. The normalized spacial score (nSPS) is 14.5. The number of unbranched alkanes of at least 4 members (excludes halogenated alkanes) is 24. The van der Waals surface area contributed by atoms with Crippen molar-refractivity contribution in [3.05, 3.63) is 57.0 Å². The molecule has 548 valence electrons. The van der Waals surface area contributed by atoms with Gasteiger partial charge in [0.05, 0.1) is 35.1 Å². The number of hydrogen-bond donors (Lipinski definition) is 0. The molecule has 15 unspecified atom stereocenters. The smallest absolute Gasteiger partial charge is 0.262 e. The van der Waals surface area contributed by atoms with Gasteiger partial charge in [-0.05, 0) is 144 Å². The topological polar surface area (TPSA) is 93.2 Å². The van der Waals surface area contributed by atoms with Crippen LogP contribution in [0.5, 0.6) is 11.5 Å². The summed E-state index contributed by atoms with van der Waals surface area (Å²) in [6, 6.07) is 7.75. The van der Waals surface area contributed by atoms with Crippen molar-refractivity contribution in [3.8, 4) is 31.7 Å². The molecule has 0 fully saturated rings. The molecule has 97 heavy (non-hydrogen) atoms. The van der Waals surface area contributed by atoms with Gasteiger partial charge in [0.15, 0.2) is 0 Å². The van der Waals surface area contributed by atoms with Crippen LogP contribution in [0.1, 0.15) is 285 Å². The van der Waals surface area contributed by atoms with Crippen molar-refractivity contribution >= 4 is 226 Å². The molecule has 2 aromatic heterocycles. The second-order valence-electron chi connectivity index (χ2n) is 25.9. The summed E-state index contributed by atoms with van der Waals surface area (Å²) in [6.07, 6.45) is 37.9. The van der Waals surface area contributed by atoms with Gasteiger partial charge in [0.25, 0.3) is 23.6 Å². The number of hydrogen-bond acceptors (Lipinski definition) is 8. The summed E-state index contributed by atoms with van der Waals surface area (Å²) in [5, 5.41) is 0.899. The van der Waals surface area contributed by atoms with E-state index in [2.05, 4.69) is 133 Å². The Bertz CT molecular complexity index is 3010. The monoisotopic (exact) mass is 1750 g/mol. The van der Waals surface area contributed by atoms with Crippen LogP contribution in [0.25, 0.3) is 31.0 Å². The summed E-state index contributed by atoms with van der Waals surface area (Å²) < 4.78 is 12.0. The molecule has 0 radical (unpaired) electrons. The van der Waals surface area contributed by atoms with Crippen LogP contribution in [0.2, 0.25) is 0 Å². The molecule has 0 bridgehead atoms. The predicted octanol–water partition coefficient (Wildman–Crippen LogP) is 31.8. The van der Waals surface area contributed by atoms with Gasteiger partial charge in [-0.1, -0.05) is 215 Å². The van der Waals surface area contributed by atoms with Gasteiger partial charge in [0, 0.05) is 50.3 Å². The molecule has 2 aromatic carbocycles. The van der Waals surface area contributed by atoms with Crippen LogP contribution in [-0.2, 0) is 0 Å². The second kappa shape index (κ2) is 50.8. The second-order valence-corrected chi connectivity index (χ2v) is 109. The van der Waals surface area contributed by atoms with Crippen molar-refractivity contribution < 1.29 is 28.7 Å². The fourth-order valence-electron chi connectivity index (χ4n) is 13.3. The SMILES string of the molecule is CCCCCCCCCCC(CCCCCCCC)CN1C(=O)c2cc(-c3cc(OC)c(-c4sc(C)cc4OC)s3)c3c4c(cc(C)c(c24)C1=O)C(=O)N(CC(CCCCCCCC)CCCCCCCCCC)C3=O.PPP(P(P)P)P(P(P(P)P)P(P)P)P(P(P)P)P(P)P. The summed E-state index contributed by atoms with van der Waals surface area (Å²) >= 11 is 3.14. The minimum atomic E-state index is -0.345. The zero-order valence-electron chi connectivity index (χ0n) is 59.5. The first-order chi connectivity index (χ1) is 46.6. The number of rotatable bonds is 49. The summed E-state index contributed by atoms with van der Waals surface area (Å²) in [6.45, 7) is 14.5.